The smallest absolute Gasteiger partial charge is 0.369 e. The first-order valence-corrected chi connectivity index (χ1v) is 10.8. The maximum Gasteiger partial charge on any atom is 0.433 e. The highest BCUT2D eigenvalue weighted by atomic mass is 32.1. The highest BCUT2D eigenvalue weighted by molar-refractivity contribution is 7.13. The van der Waals surface area contributed by atoms with E-state index in [2.05, 4.69) is 20.5 Å². The number of thiazole rings is 1. The van der Waals surface area contributed by atoms with Gasteiger partial charge in [-0.25, -0.2) is 9.37 Å². The van der Waals surface area contributed by atoms with Crippen molar-refractivity contribution in [2.24, 2.45) is 19.8 Å². The van der Waals surface area contributed by atoms with Gasteiger partial charge in [0.15, 0.2) is 5.69 Å². The summed E-state index contributed by atoms with van der Waals surface area (Å²) in [5.74, 6) is -0.627. The van der Waals surface area contributed by atoms with E-state index in [1.54, 1.807) is 7.05 Å². The van der Waals surface area contributed by atoms with E-state index < -0.39 is 36.1 Å². The van der Waals surface area contributed by atoms with E-state index in [-0.39, 0.29) is 22.9 Å². The molecule has 14 heteroatoms. The van der Waals surface area contributed by atoms with E-state index in [1.807, 2.05) is 0 Å². The average Bonchev–Trinajstić information content (AvgIpc) is 3.44. The van der Waals surface area contributed by atoms with Gasteiger partial charge in [0, 0.05) is 25.5 Å². The Morgan fingerprint density at radius 1 is 1.24 bits per heavy atom. The Hall–Kier alpha value is -2.84. The number of nitrogens with one attached hydrogen (secondary N) is 1. The molecular weight excluding hydrogens is 466 g/mol. The fourth-order valence-electron chi connectivity index (χ4n) is 3.70. The molecule has 3 N–H and O–H groups in total. The maximum atomic E-state index is 13.9. The summed E-state index contributed by atoms with van der Waals surface area (Å²) in [6, 6.07) is -0.635. The zero-order chi connectivity index (χ0) is 23.9. The van der Waals surface area contributed by atoms with Crippen molar-refractivity contribution in [2.45, 2.75) is 37.3 Å². The van der Waals surface area contributed by atoms with Gasteiger partial charge < -0.3 is 15.8 Å². The van der Waals surface area contributed by atoms with Crippen molar-refractivity contribution in [1.82, 2.24) is 24.5 Å². The van der Waals surface area contributed by atoms with Crippen LogP contribution in [0.2, 0.25) is 0 Å². The van der Waals surface area contributed by atoms with Crippen LogP contribution in [0.4, 0.5) is 23.2 Å². The van der Waals surface area contributed by atoms with Gasteiger partial charge in [0.1, 0.15) is 23.0 Å². The third kappa shape index (κ3) is 4.63. The van der Waals surface area contributed by atoms with Crippen molar-refractivity contribution in [3.8, 4) is 10.6 Å². The zero-order valence-corrected chi connectivity index (χ0v) is 18.5. The number of hydrogen-bond acceptors (Lipinski definition) is 7. The topological polar surface area (TPSA) is 113 Å². The molecule has 4 rings (SSSR count). The molecule has 9 nitrogen and oxygen atoms in total. The summed E-state index contributed by atoms with van der Waals surface area (Å²) in [5.41, 5.74) is 5.44. The molecule has 0 bridgehead atoms. The first-order chi connectivity index (χ1) is 15.6. The molecule has 178 valence electrons. The Balaban J connectivity index is 1.55. The second kappa shape index (κ2) is 8.83. The SMILES string of the molecule is Cn1ncc(NC(=O)c2csc(-c3cnn(C)c3C(F)(F)F)n2)c1C1CCC(N)C(F)CO1. The number of alkyl halides is 4. The second-order valence-electron chi connectivity index (χ2n) is 7.67. The molecule has 3 aromatic rings. The summed E-state index contributed by atoms with van der Waals surface area (Å²) in [5, 5.41) is 11.9. The quantitative estimate of drug-likeness (QED) is 0.547. The van der Waals surface area contributed by atoms with E-state index in [9.17, 15) is 22.4 Å². The van der Waals surface area contributed by atoms with Gasteiger partial charge in [0.05, 0.1) is 35.9 Å². The molecule has 0 radical (unpaired) electrons. The molecule has 3 atom stereocenters. The van der Waals surface area contributed by atoms with E-state index in [0.29, 0.717) is 24.2 Å². The summed E-state index contributed by atoms with van der Waals surface area (Å²) >= 11 is 0.899. The summed E-state index contributed by atoms with van der Waals surface area (Å²) in [4.78, 5) is 16.9. The number of aromatic nitrogens is 5. The molecule has 1 amide bonds. The molecule has 3 aromatic heterocycles. The lowest BCUT2D eigenvalue weighted by Gasteiger charge is -2.17. The fraction of sp³-hybridized carbons (Fsp3) is 0.474. The molecule has 1 aliphatic heterocycles. The summed E-state index contributed by atoms with van der Waals surface area (Å²) in [6.45, 7) is -0.174. The number of rotatable bonds is 4. The van der Waals surface area contributed by atoms with Crippen LogP contribution < -0.4 is 11.1 Å². The van der Waals surface area contributed by atoms with E-state index >= 15 is 0 Å². The van der Waals surface area contributed by atoms with Crippen LogP contribution in [-0.4, -0.2) is 49.3 Å². The minimum absolute atomic E-state index is 0.0158. The van der Waals surface area contributed by atoms with Crippen molar-refractivity contribution < 1.29 is 27.1 Å². The minimum Gasteiger partial charge on any atom is -0.369 e. The van der Waals surface area contributed by atoms with E-state index in [1.165, 1.54) is 23.3 Å². The van der Waals surface area contributed by atoms with Gasteiger partial charge in [-0.1, -0.05) is 0 Å². The second-order valence-corrected chi connectivity index (χ2v) is 8.52. The standard InChI is InChI=1S/C19H21F4N7O2S/c1-29-15(14-4-3-11(24)10(20)7-32-14)12(6-26-29)27-17(31)13-8-33-18(28-13)9-5-25-30(2)16(9)19(21,22)23/h5-6,8,10-11,14H,3-4,7,24H2,1-2H3,(H,27,31). The van der Waals surface area contributed by atoms with Crippen LogP contribution in [0, 0.1) is 0 Å². The number of aryl methyl sites for hydroxylation is 2. The molecule has 0 saturated carbocycles. The van der Waals surface area contributed by atoms with Gasteiger partial charge >= 0.3 is 6.18 Å². The highest BCUT2D eigenvalue weighted by Gasteiger charge is 2.38. The molecule has 0 aliphatic carbocycles. The first kappa shape index (κ1) is 23.3. The summed E-state index contributed by atoms with van der Waals surface area (Å²) in [7, 11) is 2.85. The van der Waals surface area contributed by atoms with Crippen LogP contribution in [0.1, 0.15) is 40.8 Å². The van der Waals surface area contributed by atoms with E-state index in [4.69, 9.17) is 10.5 Å². The molecule has 1 aliphatic rings. The third-order valence-corrected chi connectivity index (χ3v) is 6.27. The van der Waals surface area contributed by atoms with Crippen molar-refractivity contribution in [3.63, 3.8) is 0 Å². The van der Waals surface area contributed by atoms with Gasteiger partial charge in [0.25, 0.3) is 5.91 Å². The molecule has 0 aromatic carbocycles. The Morgan fingerprint density at radius 2 is 1.97 bits per heavy atom. The lowest BCUT2D eigenvalue weighted by molar-refractivity contribution is -0.143. The Bertz CT molecular complexity index is 1140. The molecule has 4 heterocycles. The lowest BCUT2D eigenvalue weighted by atomic mass is 10.0. The average molecular weight is 487 g/mol. The number of carbonyl (C=O) groups excluding carboxylic acids is 1. The Morgan fingerprint density at radius 3 is 2.70 bits per heavy atom. The molecule has 1 saturated heterocycles. The largest absolute Gasteiger partial charge is 0.433 e. The van der Waals surface area contributed by atoms with Crippen LogP contribution in [-0.2, 0) is 25.0 Å². The summed E-state index contributed by atoms with van der Waals surface area (Å²) in [6.07, 6.45) is -3.13. The predicted molar refractivity (Wildman–Crippen MR) is 111 cm³/mol. The molecule has 0 spiro atoms. The molecule has 3 unspecified atom stereocenters. The van der Waals surface area contributed by atoms with Crippen LogP contribution >= 0.6 is 11.3 Å². The number of anilines is 1. The normalized spacial score (nSPS) is 21.7. The van der Waals surface area contributed by atoms with Gasteiger partial charge in [-0.2, -0.15) is 23.4 Å². The van der Waals surface area contributed by atoms with Crippen molar-refractivity contribution >= 4 is 22.9 Å². The number of hydrogen-bond donors (Lipinski definition) is 2. The van der Waals surface area contributed by atoms with Gasteiger partial charge in [-0.05, 0) is 12.8 Å². The molecule has 33 heavy (non-hydrogen) atoms. The first-order valence-electron chi connectivity index (χ1n) is 9.95. The van der Waals surface area contributed by atoms with Crippen molar-refractivity contribution in [1.29, 1.82) is 0 Å². The number of nitrogens with two attached hydrogens (primary N) is 1. The Labute approximate surface area is 189 Å². The molecule has 1 fully saturated rings. The highest BCUT2D eigenvalue weighted by Crippen LogP contribution is 2.38. The van der Waals surface area contributed by atoms with Crippen LogP contribution in [0.15, 0.2) is 17.8 Å². The number of carbonyl (C=O) groups is 1. The van der Waals surface area contributed by atoms with Crippen LogP contribution in [0.5, 0.6) is 0 Å². The maximum absolute atomic E-state index is 13.9. The third-order valence-electron chi connectivity index (χ3n) is 5.40. The number of nitrogens with zero attached hydrogens (tertiary/aromatic N) is 5. The van der Waals surface area contributed by atoms with Crippen molar-refractivity contribution in [2.75, 3.05) is 11.9 Å². The zero-order valence-electron chi connectivity index (χ0n) is 17.6. The number of amides is 1. The monoisotopic (exact) mass is 487 g/mol. The number of ether oxygens (including phenoxy) is 1. The van der Waals surface area contributed by atoms with Crippen LogP contribution in [0.3, 0.4) is 0 Å². The fourth-order valence-corrected chi connectivity index (χ4v) is 4.51. The number of halogens is 4. The van der Waals surface area contributed by atoms with Crippen molar-refractivity contribution in [3.05, 3.63) is 34.9 Å². The van der Waals surface area contributed by atoms with Crippen LogP contribution in [0.25, 0.3) is 10.6 Å². The summed E-state index contributed by atoms with van der Waals surface area (Å²) < 4.78 is 61.9. The van der Waals surface area contributed by atoms with E-state index in [0.717, 1.165) is 22.2 Å². The lowest BCUT2D eigenvalue weighted by Crippen LogP contribution is -2.32. The predicted octanol–water partition coefficient (Wildman–Crippen LogP) is 3.07. The molecular formula is C19H21F4N7O2S. The minimum atomic E-state index is -4.63. The van der Waals surface area contributed by atoms with Gasteiger partial charge in [0.2, 0.25) is 0 Å². The Kier molecular flexibility index (Phi) is 6.24. The van der Waals surface area contributed by atoms with Gasteiger partial charge in [-0.15, -0.1) is 11.3 Å². The van der Waals surface area contributed by atoms with Gasteiger partial charge in [-0.3, -0.25) is 14.2 Å².